The van der Waals surface area contributed by atoms with Crippen LogP contribution in [0, 0.1) is 6.92 Å². The molecule has 0 amide bonds. The van der Waals surface area contributed by atoms with E-state index >= 15 is 0 Å². The summed E-state index contributed by atoms with van der Waals surface area (Å²) in [5.74, 6) is 1.04. The summed E-state index contributed by atoms with van der Waals surface area (Å²) in [5, 5.41) is 3.56. The molecule has 3 nitrogen and oxygen atoms in total. The van der Waals surface area contributed by atoms with Crippen LogP contribution in [0.2, 0.25) is 0 Å². The predicted octanol–water partition coefficient (Wildman–Crippen LogP) is 3.26. The fraction of sp³-hybridized carbons (Fsp3) is 0.389. The summed E-state index contributed by atoms with van der Waals surface area (Å²) in [6.07, 6.45) is 7.18. The number of ether oxygens (including phenoxy) is 1. The average molecular weight is 282 g/mol. The third-order valence-corrected chi connectivity index (χ3v) is 3.84. The molecular formula is C18H22N2O. The van der Waals surface area contributed by atoms with Crippen LogP contribution in [0.1, 0.15) is 29.5 Å². The molecule has 0 saturated heterocycles. The maximum Gasteiger partial charge on any atom is 0.126 e. The minimum atomic E-state index is 0.700. The zero-order valence-corrected chi connectivity index (χ0v) is 12.5. The van der Waals surface area contributed by atoms with Gasteiger partial charge >= 0.3 is 0 Å². The monoisotopic (exact) mass is 282 g/mol. The maximum atomic E-state index is 6.06. The largest absolute Gasteiger partial charge is 0.493 e. The van der Waals surface area contributed by atoms with Crippen molar-refractivity contribution in [2.75, 3.05) is 6.61 Å². The first-order valence-corrected chi connectivity index (χ1v) is 7.66. The lowest BCUT2D eigenvalue weighted by atomic mass is 10.1. The van der Waals surface area contributed by atoms with E-state index in [4.69, 9.17) is 4.74 Å². The number of rotatable bonds is 7. The smallest absolute Gasteiger partial charge is 0.126 e. The summed E-state index contributed by atoms with van der Waals surface area (Å²) in [7, 11) is 0. The van der Waals surface area contributed by atoms with Crippen LogP contribution in [0.15, 0.2) is 42.7 Å². The summed E-state index contributed by atoms with van der Waals surface area (Å²) in [4.78, 5) is 4.04. The molecule has 3 heteroatoms. The highest BCUT2D eigenvalue weighted by Crippen LogP contribution is 2.25. The van der Waals surface area contributed by atoms with E-state index in [0.29, 0.717) is 6.61 Å². The lowest BCUT2D eigenvalue weighted by molar-refractivity contribution is 0.315. The van der Waals surface area contributed by atoms with Crippen molar-refractivity contribution in [1.29, 1.82) is 0 Å². The molecule has 0 spiro atoms. The number of para-hydroxylation sites is 1. The topological polar surface area (TPSA) is 34.1 Å². The van der Waals surface area contributed by atoms with Gasteiger partial charge < -0.3 is 10.1 Å². The number of nitrogens with one attached hydrogen (secondary N) is 1. The molecule has 0 atom stereocenters. The molecule has 0 unspecified atom stereocenters. The molecule has 1 saturated carbocycles. The molecule has 1 heterocycles. The van der Waals surface area contributed by atoms with Gasteiger partial charge in [0.1, 0.15) is 5.75 Å². The van der Waals surface area contributed by atoms with Crippen LogP contribution in [0.25, 0.3) is 0 Å². The Morgan fingerprint density at radius 1 is 1.19 bits per heavy atom. The minimum Gasteiger partial charge on any atom is -0.493 e. The first kappa shape index (κ1) is 14.1. The van der Waals surface area contributed by atoms with Crippen LogP contribution in [-0.2, 0) is 13.0 Å². The van der Waals surface area contributed by atoms with Crippen molar-refractivity contribution in [3.63, 3.8) is 0 Å². The van der Waals surface area contributed by atoms with E-state index in [1.807, 2.05) is 24.5 Å². The van der Waals surface area contributed by atoms with Crippen molar-refractivity contribution in [3.8, 4) is 5.75 Å². The number of hydrogen-bond donors (Lipinski definition) is 1. The molecule has 1 aromatic carbocycles. The number of hydrogen-bond acceptors (Lipinski definition) is 3. The van der Waals surface area contributed by atoms with E-state index in [0.717, 1.165) is 24.8 Å². The van der Waals surface area contributed by atoms with E-state index < -0.39 is 0 Å². The van der Waals surface area contributed by atoms with Gasteiger partial charge in [-0.2, -0.15) is 0 Å². The summed E-state index contributed by atoms with van der Waals surface area (Å²) < 4.78 is 6.06. The molecule has 1 aromatic heterocycles. The molecule has 0 radical (unpaired) electrons. The molecule has 1 aliphatic carbocycles. The minimum absolute atomic E-state index is 0.700. The van der Waals surface area contributed by atoms with Gasteiger partial charge in [0.25, 0.3) is 0 Å². The Hall–Kier alpha value is -1.87. The SMILES string of the molecule is Cc1cccc(CNC2CC2)c1OCCc1ccncc1. The molecule has 1 fully saturated rings. The van der Waals surface area contributed by atoms with Gasteiger partial charge in [-0.3, -0.25) is 4.98 Å². The van der Waals surface area contributed by atoms with Gasteiger partial charge in [0.05, 0.1) is 6.61 Å². The van der Waals surface area contributed by atoms with Gasteiger partial charge in [-0.1, -0.05) is 18.2 Å². The molecule has 3 rings (SSSR count). The third-order valence-electron chi connectivity index (χ3n) is 3.84. The normalized spacial score (nSPS) is 14.1. The second-order valence-electron chi connectivity index (χ2n) is 5.67. The standard InChI is InChI=1S/C18H22N2O/c1-14-3-2-4-16(13-20-17-5-6-17)18(14)21-12-9-15-7-10-19-11-8-15/h2-4,7-8,10-11,17,20H,5-6,9,12-13H2,1H3. The Morgan fingerprint density at radius 2 is 2.00 bits per heavy atom. The molecule has 1 N–H and O–H groups in total. The summed E-state index contributed by atoms with van der Waals surface area (Å²) in [6.45, 7) is 3.71. The molecule has 1 aliphatic rings. The van der Waals surface area contributed by atoms with E-state index in [1.54, 1.807) is 0 Å². The van der Waals surface area contributed by atoms with Gasteiger partial charge in [0.2, 0.25) is 0 Å². The zero-order chi connectivity index (χ0) is 14.5. The number of aromatic nitrogens is 1. The van der Waals surface area contributed by atoms with Crippen molar-refractivity contribution in [2.45, 2.75) is 38.8 Å². The molecule has 2 aromatic rings. The number of nitrogens with zero attached hydrogens (tertiary/aromatic N) is 1. The third kappa shape index (κ3) is 4.05. The molecule has 0 aliphatic heterocycles. The Bertz CT molecular complexity index is 579. The van der Waals surface area contributed by atoms with E-state index in [1.165, 1.54) is 29.5 Å². The fourth-order valence-corrected chi connectivity index (χ4v) is 2.42. The predicted molar refractivity (Wildman–Crippen MR) is 84.5 cm³/mol. The molecule has 21 heavy (non-hydrogen) atoms. The van der Waals surface area contributed by atoms with Crippen molar-refractivity contribution in [1.82, 2.24) is 10.3 Å². The van der Waals surface area contributed by atoms with Gasteiger partial charge in [0, 0.05) is 37.0 Å². The maximum absolute atomic E-state index is 6.06. The Kier molecular flexibility index (Phi) is 4.51. The lowest BCUT2D eigenvalue weighted by Crippen LogP contribution is -2.16. The highest BCUT2D eigenvalue weighted by Gasteiger charge is 2.20. The quantitative estimate of drug-likeness (QED) is 0.846. The van der Waals surface area contributed by atoms with E-state index in [9.17, 15) is 0 Å². The molecular weight excluding hydrogens is 260 g/mol. The van der Waals surface area contributed by atoms with Gasteiger partial charge in [0.15, 0.2) is 0 Å². The van der Waals surface area contributed by atoms with Crippen LogP contribution in [0.4, 0.5) is 0 Å². The van der Waals surface area contributed by atoms with E-state index in [2.05, 4.69) is 35.4 Å². The van der Waals surface area contributed by atoms with Crippen molar-refractivity contribution < 1.29 is 4.74 Å². The Labute approximate surface area is 126 Å². The number of aryl methyl sites for hydroxylation is 1. The fourth-order valence-electron chi connectivity index (χ4n) is 2.42. The van der Waals surface area contributed by atoms with Crippen LogP contribution in [0.3, 0.4) is 0 Å². The second kappa shape index (κ2) is 6.72. The lowest BCUT2D eigenvalue weighted by Gasteiger charge is -2.14. The van der Waals surface area contributed by atoms with Gasteiger partial charge in [-0.05, 0) is 43.0 Å². The van der Waals surface area contributed by atoms with Crippen LogP contribution >= 0.6 is 0 Å². The molecule has 110 valence electrons. The Morgan fingerprint density at radius 3 is 2.76 bits per heavy atom. The first-order valence-electron chi connectivity index (χ1n) is 7.66. The average Bonchev–Trinajstić information content (AvgIpc) is 3.33. The highest BCUT2D eigenvalue weighted by atomic mass is 16.5. The van der Waals surface area contributed by atoms with Crippen LogP contribution in [0.5, 0.6) is 5.75 Å². The van der Waals surface area contributed by atoms with Crippen molar-refractivity contribution in [2.24, 2.45) is 0 Å². The highest BCUT2D eigenvalue weighted by molar-refractivity contribution is 5.40. The van der Waals surface area contributed by atoms with Crippen molar-refractivity contribution in [3.05, 3.63) is 59.4 Å². The molecule has 0 bridgehead atoms. The van der Waals surface area contributed by atoms with Crippen LogP contribution in [-0.4, -0.2) is 17.6 Å². The summed E-state index contributed by atoms with van der Waals surface area (Å²) >= 11 is 0. The first-order chi connectivity index (χ1) is 10.3. The Balaban J connectivity index is 1.60. The zero-order valence-electron chi connectivity index (χ0n) is 12.5. The summed E-state index contributed by atoms with van der Waals surface area (Å²) in [5.41, 5.74) is 3.73. The van der Waals surface area contributed by atoms with Gasteiger partial charge in [-0.25, -0.2) is 0 Å². The number of benzene rings is 1. The van der Waals surface area contributed by atoms with Crippen molar-refractivity contribution >= 4 is 0 Å². The van der Waals surface area contributed by atoms with Gasteiger partial charge in [-0.15, -0.1) is 0 Å². The van der Waals surface area contributed by atoms with Crippen LogP contribution < -0.4 is 10.1 Å². The van der Waals surface area contributed by atoms with E-state index in [-0.39, 0.29) is 0 Å². The second-order valence-corrected chi connectivity index (χ2v) is 5.67. The number of pyridine rings is 1. The summed E-state index contributed by atoms with van der Waals surface area (Å²) in [6, 6.07) is 11.2.